The largest absolute Gasteiger partial charge is 0.354 e. The van der Waals surface area contributed by atoms with Crippen LogP contribution < -0.4 is 5.32 Å². The Labute approximate surface area is 113 Å². The molecule has 0 saturated heterocycles. The average molecular weight is 314 g/mol. The SMILES string of the molecule is CCNc1ncc(F)c(-n2nc(C)c(Br)c2C)n1. The topological polar surface area (TPSA) is 55.6 Å². The molecule has 0 aliphatic rings. The molecule has 96 valence electrons. The number of aryl methyl sites for hydroxylation is 1. The van der Waals surface area contributed by atoms with E-state index in [2.05, 4.69) is 36.3 Å². The number of rotatable bonds is 3. The molecule has 2 aromatic rings. The molecular weight excluding hydrogens is 301 g/mol. The second-order valence-corrected chi connectivity index (χ2v) is 4.59. The lowest BCUT2D eigenvalue weighted by molar-refractivity contribution is 0.590. The lowest BCUT2D eigenvalue weighted by Gasteiger charge is -2.07. The van der Waals surface area contributed by atoms with Crippen LogP contribution in [0.5, 0.6) is 0 Å². The van der Waals surface area contributed by atoms with Crippen molar-refractivity contribution in [2.24, 2.45) is 0 Å². The smallest absolute Gasteiger partial charge is 0.224 e. The molecule has 5 nitrogen and oxygen atoms in total. The third-order valence-corrected chi connectivity index (χ3v) is 3.61. The van der Waals surface area contributed by atoms with E-state index in [1.54, 1.807) is 0 Å². The van der Waals surface area contributed by atoms with Gasteiger partial charge in [0.1, 0.15) is 0 Å². The first-order valence-corrected chi connectivity index (χ1v) is 6.32. The summed E-state index contributed by atoms with van der Waals surface area (Å²) in [7, 11) is 0. The molecule has 0 amide bonds. The third-order valence-electron chi connectivity index (χ3n) is 2.46. The minimum atomic E-state index is -0.505. The predicted molar refractivity (Wildman–Crippen MR) is 70.4 cm³/mol. The van der Waals surface area contributed by atoms with Gasteiger partial charge in [-0.05, 0) is 36.7 Å². The highest BCUT2D eigenvalue weighted by Gasteiger charge is 2.15. The summed E-state index contributed by atoms with van der Waals surface area (Å²) in [4.78, 5) is 7.99. The minimum absolute atomic E-state index is 0.146. The second kappa shape index (κ2) is 5.01. The van der Waals surface area contributed by atoms with Crippen LogP contribution in [-0.2, 0) is 0 Å². The van der Waals surface area contributed by atoms with E-state index < -0.39 is 5.82 Å². The summed E-state index contributed by atoms with van der Waals surface area (Å²) in [5.74, 6) is 0.0274. The first kappa shape index (κ1) is 12.9. The number of aromatic nitrogens is 4. The molecule has 0 saturated carbocycles. The zero-order valence-electron chi connectivity index (χ0n) is 10.3. The fourth-order valence-corrected chi connectivity index (χ4v) is 1.83. The first-order chi connectivity index (χ1) is 8.54. The van der Waals surface area contributed by atoms with Gasteiger partial charge in [0.2, 0.25) is 5.95 Å². The Balaban J connectivity index is 2.55. The Morgan fingerprint density at radius 2 is 2.17 bits per heavy atom. The molecular formula is C11H13BrFN5. The van der Waals surface area contributed by atoms with Gasteiger partial charge in [-0.25, -0.2) is 14.1 Å². The van der Waals surface area contributed by atoms with Crippen LogP contribution in [0.25, 0.3) is 5.82 Å². The van der Waals surface area contributed by atoms with Crippen molar-refractivity contribution in [3.8, 4) is 5.82 Å². The van der Waals surface area contributed by atoms with E-state index in [9.17, 15) is 4.39 Å². The van der Waals surface area contributed by atoms with Gasteiger partial charge in [0, 0.05) is 6.54 Å². The Bertz CT molecular complexity index is 581. The predicted octanol–water partition coefficient (Wildman–Crippen LogP) is 2.61. The normalized spacial score (nSPS) is 10.7. The lowest BCUT2D eigenvalue weighted by atomic mass is 10.4. The highest BCUT2D eigenvalue weighted by atomic mass is 79.9. The summed E-state index contributed by atoms with van der Waals surface area (Å²) >= 11 is 3.41. The third kappa shape index (κ3) is 2.22. The molecule has 0 fully saturated rings. The van der Waals surface area contributed by atoms with Crippen molar-refractivity contribution in [2.45, 2.75) is 20.8 Å². The molecule has 0 aliphatic heterocycles. The van der Waals surface area contributed by atoms with E-state index in [1.807, 2.05) is 20.8 Å². The van der Waals surface area contributed by atoms with E-state index >= 15 is 0 Å². The van der Waals surface area contributed by atoms with E-state index in [1.165, 1.54) is 4.68 Å². The lowest BCUT2D eigenvalue weighted by Crippen LogP contribution is -2.10. The maximum Gasteiger partial charge on any atom is 0.224 e. The Kier molecular flexibility index (Phi) is 3.60. The number of hydrogen-bond acceptors (Lipinski definition) is 4. The molecule has 2 heterocycles. The molecule has 2 rings (SSSR count). The maximum atomic E-state index is 13.8. The van der Waals surface area contributed by atoms with Gasteiger partial charge in [-0.15, -0.1) is 0 Å². The van der Waals surface area contributed by atoms with Gasteiger partial charge in [-0.2, -0.15) is 10.1 Å². The van der Waals surface area contributed by atoms with Crippen molar-refractivity contribution < 1.29 is 4.39 Å². The summed E-state index contributed by atoms with van der Waals surface area (Å²) in [6.45, 7) is 6.29. The van der Waals surface area contributed by atoms with Gasteiger partial charge in [-0.1, -0.05) is 0 Å². The molecule has 0 spiro atoms. The molecule has 7 heteroatoms. The summed E-state index contributed by atoms with van der Waals surface area (Å²) < 4.78 is 16.1. The van der Waals surface area contributed by atoms with Crippen molar-refractivity contribution >= 4 is 21.9 Å². The Morgan fingerprint density at radius 3 is 2.72 bits per heavy atom. The van der Waals surface area contributed by atoms with Crippen LogP contribution in [-0.4, -0.2) is 26.3 Å². The zero-order chi connectivity index (χ0) is 13.3. The molecule has 0 bridgehead atoms. The van der Waals surface area contributed by atoms with E-state index in [-0.39, 0.29) is 5.82 Å². The van der Waals surface area contributed by atoms with E-state index in [0.29, 0.717) is 12.5 Å². The average Bonchev–Trinajstić information content (AvgIpc) is 2.60. The minimum Gasteiger partial charge on any atom is -0.354 e. The van der Waals surface area contributed by atoms with Crippen LogP contribution in [0, 0.1) is 19.7 Å². The number of hydrogen-bond donors (Lipinski definition) is 1. The number of halogens is 2. The fourth-order valence-electron chi connectivity index (χ4n) is 1.58. The zero-order valence-corrected chi connectivity index (χ0v) is 11.9. The fraction of sp³-hybridized carbons (Fsp3) is 0.364. The molecule has 0 aromatic carbocycles. The molecule has 0 unspecified atom stereocenters. The number of nitrogens with zero attached hydrogens (tertiary/aromatic N) is 4. The molecule has 0 aliphatic carbocycles. The first-order valence-electron chi connectivity index (χ1n) is 5.53. The standard InChI is InChI=1S/C11H13BrFN5/c1-4-14-11-15-5-8(13)10(16-11)18-7(3)9(12)6(2)17-18/h5H,4H2,1-3H3,(H,14,15,16). The molecule has 0 atom stereocenters. The van der Waals surface area contributed by atoms with Crippen LogP contribution in [0.3, 0.4) is 0 Å². The van der Waals surface area contributed by atoms with Gasteiger partial charge >= 0.3 is 0 Å². The number of anilines is 1. The van der Waals surface area contributed by atoms with Gasteiger partial charge in [0.25, 0.3) is 0 Å². The van der Waals surface area contributed by atoms with Crippen LogP contribution in [0.15, 0.2) is 10.7 Å². The van der Waals surface area contributed by atoms with E-state index in [0.717, 1.165) is 22.1 Å². The van der Waals surface area contributed by atoms with Gasteiger partial charge in [-0.3, -0.25) is 0 Å². The van der Waals surface area contributed by atoms with Gasteiger partial charge in [0.05, 0.1) is 22.1 Å². The number of nitrogens with one attached hydrogen (secondary N) is 1. The summed E-state index contributed by atoms with van der Waals surface area (Å²) in [6, 6.07) is 0. The van der Waals surface area contributed by atoms with Gasteiger partial charge in [0.15, 0.2) is 11.6 Å². The Morgan fingerprint density at radius 1 is 1.44 bits per heavy atom. The molecule has 2 aromatic heterocycles. The van der Waals surface area contributed by atoms with Crippen molar-refractivity contribution in [1.29, 1.82) is 0 Å². The summed E-state index contributed by atoms with van der Waals surface area (Å²) in [5.41, 5.74) is 1.59. The summed E-state index contributed by atoms with van der Waals surface area (Å²) in [6.07, 6.45) is 1.14. The second-order valence-electron chi connectivity index (χ2n) is 3.79. The van der Waals surface area contributed by atoms with Crippen LogP contribution >= 0.6 is 15.9 Å². The van der Waals surface area contributed by atoms with Crippen LogP contribution in [0.4, 0.5) is 10.3 Å². The van der Waals surface area contributed by atoms with Crippen LogP contribution in [0.1, 0.15) is 18.3 Å². The Hall–Kier alpha value is -1.50. The van der Waals surface area contributed by atoms with Crippen molar-refractivity contribution in [2.75, 3.05) is 11.9 Å². The quantitative estimate of drug-likeness (QED) is 0.946. The monoisotopic (exact) mass is 313 g/mol. The summed E-state index contributed by atoms with van der Waals surface area (Å²) in [5, 5.41) is 7.20. The highest BCUT2D eigenvalue weighted by Crippen LogP contribution is 2.23. The molecule has 18 heavy (non-hydrogen) atoms. The van der Waals surface area contributed by atoms with Gasteiger partial charge < -0.3 is 5.32 Å². The highest BCUT2D eigenvalue weighted by molar-refractivity contribution is 9.10. The maximum absolute atomic E-state index is 13.8. The van der Waals surface area contributed by atoms with Crippen LogP contribution in [0.2, 0.25) is 0 Å². The van der Waals surface area contributed by atoms with Crippen molar-refractivity contribution in [1.82, 2.24) is 19.7 Å². The molecule has 1 N–H and O–H groups in total. The van der Waals surface area contributed by atoms with Crippen molar-refractivity contribution in [3.05, 3.63) is 27.9 Å². The molecule has 0 radical (unpaired) electrons. The van der Waals surface area contributed by atoms with Crippen molar-refractivity contribution in [3.63, 3.8) is 0 Å². The van der Waals surface area contributed by atoms with E-state index in [4.69, 9.17) is 0 Å².